The van der Waals surface area contributed by atoms with Gasteiger partial charge in [-0.25, -0.2) is 9.59 Å². The molecule has 2 rings (SSSR count). The van der Waals surface area contributed by atoms with Crippen molar-refractivity contribution in [3.63, 3.8) is 0 Å². The number of carboxylic acids is 1. The van der Waals surface area contributed by atoms with Crippen molar-refractivity contribution in [2.24, 2.45) is 0 Å². The summed E-state index contributed by atoms with van der Waals surface area (Å²) >= 11 is 0. The maximum atomic E-state index is 12.9. The van der Waals surface area contributed by atoms with Gasteiger partial charge < -0.3 is 14.7 Å². The minimum Gasteiger partial charge on any atom is -0.480 e. The number of carbonyl (C=O) groups excluding carboxylic acids is 2. The highest BCUT2D eigenvalue weighted by molar-refractivity contribution is 6.00. The van der Waals surface area contributed by atoms with Gasteiger partial charge in [0.05, 0.1) is 6.04 Å². The van der Waals surface area contributed by atoms with Gasteiger partial charge in [0.25, 0.3) is 5.91 Å². The van der Waals surface area contributed by atoms with Crippen molar-refractivity contribution in [1.82, 2.24) is 9.80 Å². The lowest BCUT2D eigenvalue weighted by atomic mass is 9.76. The molecule has 7 heteroatoms. The second kappa shape index (κ2) is 5.93. The predicted octanol–water partition coefficient (Wildman–Crippen LogP) is 2.24. The monoisotopic (exact) mass is 340 g/mol. The number of hydrogen-bond donors (Lipinski definition) is 1. The molecule has 2 aliphatic rings. The first-order valence-corrected chi connectivity index (χ1v) is 8.55. The van der Waals surface area contributed by atoms with Crippen LogP contribution in [0.15, 0.2) is 0 Å². The molecular weight excluding hydrogens is 312 g/mol. The van der Waals surface area contributed by atoms with Crippen molar-refractivity contribution in [3.8, 4) is 0 Å². The van der Waals surface area contributed by atoms with Crippen LogP contribution < -0.4 is 0 Å². The Morgan fingerprint density at radius 2 is 1.96 bits per heavy atom. The van der Waals surface area contributed by atoms with Crippen molar-refractivity contribution >= 4 is 18.0 Å². The van der Waals surface area contributed by atoms with Crippen LogP contribution in [0.5, 0.6) is 0 Å². The number of hydrogen-bond acceptors (Lipinski definition) is 4. The van der Waals surface area contributed by atoms with Gasteiger partial charge in [-0.1, -0.05) is 6.92 Å². The zero-order valence-electron chi connectivity index (χ0n) is 15.3. The molecule has 0 aromatic rings. The number of β-lactam (4-membered cyclic amide) rings is 1. The minimum atomic E-state index is -1.01. The normalized spacial score (nSPS) is 31.2. The summed E-state index contributed by atoms with van der Waals surface area (Å²) in [7, 11) is 0. The molecule has 2 fully saturated rings. The Kier molecular flexibility index (Phi) is 4.59. The number of carboxylic acid groups (broad SMARTS) is 1. The van der Waals surface area contributed by atoms with E-state index in [9.17, 15) is 19.5 Å². The number of nitrogens with zero attached hydrogens (tertiary/aromatic N) is 2. The lowest BCUT2D eigenvalue weighted by Crippen LogP contribution is -2.80. The van der Waals surface area contributed by atoms with Crippen LogP contribution in [-0.2, 0) is 14.3 Å². The highest BCUT2D eigenvalue weighted by atomic mass is 16.6. The summed E-state index contributed by atoms with van der Waals surface area (Å²) in [5.74, 6) is -1.29. The van der Waals surface area contributed by atoms with Gasteiger partial charge in [0, 0.05) is 6.04 Å². The molecule has 0 aromatic carbocycles. The molecule has 1 N–H and O–H groups in total. The van der Waals surface area contributed by atoms with E-state index in [0.29, 0.717) is 19.3 Å². The third-order valence-corrected chi connectivity index (χ3v) is 5.12. The molecule has 2 aliphatic heterocycles. The van der Waals surface area contributed by atoms with Gasteiger partial charge in [-0.3, -0.25) is 9.69 Å². The Hall–Kier alpha value is -1.79. The van der Waals surface area contributed by atoms with Crippen LogP contribution in [0.25, 0.3) is 0 Å². The Balaban J connectivity index is 2.30. The third kappa shape index (κ3) is 2.63. The third-order valence-electron chi connectivity index (χ3n) is 5.12. The standard InChI is InChI=1S/C17H28N2O5/c1-7-12(13(20)21)18-11(3)17(14(18)22)9-8-10(2)19(17)15(23)24-16(4,5)6/h10-12H,7-9H2,1-6H3,(H,20,21)/t10?,11?,12-,17?/m0/s1. The summed E-state index contributed by atoms with van der Waals surface area (Å²) in [4.78, 5) is 40.0. The summed E-state index contributed by atoms with van der Waals surface area (Å²) in [5, 5.41) is 9.36. The van der Waals surface area contributed by atoms with E-state index in [4.69, 9.17) is 4.74 Å². The summed E-state index contributed by atoms with van der Waals surface area (Å²) in [6.07, 6.45) is 1.08. The van der Waals surface area contributed by atoms with Crippen LogP contribution in [0.1, 0.15) is 60.8 Å². The summed E-state index contributed by atoms with van der Waals surface area (Å²) in [6.45, 7) is 10.8. The van der Waals surface area contributed by atoms with Crippen molar-refractivity contribution < 1.29 is 24.2 Å². The highest BCUT2D eigenvalue weighted by Gasteiger charge is 2.68. The zero-order valence-corrected chi connectivity index (χ0v) is 15.3. The molecule has 0 saturated carbocycles. The van der Waals surface area contributed by atoms with Gasteiger partial charge in [0.15, 0.2) is 0 Å². The van der Waals surface area contributed by atoms with Crippen LogP contribution in [-0.4, -0.2) is 62.1 Å². The number of likely N-dealkylation sites (tertiary alicyclic amines) is 2. The first-order valence-electron chi connectivity index (χ1n) is 8.55. The second-order valence-corrected chi connectivity index (χ2v) is 7.81. The second-order valence-electron chi connectivity index (χ2n) is 7.81. The smallest absolute Gasteiger partial charge is 0.411 e. The summed E-state index contributed by atoms with van der Waals surface area (Å²) in [5.41, 5.74) is -1.62. The molecule has 2 heterocycles. The van der Waals surface area contributed by atoms with E-state index in [0.717, 1.165) is 0 Å². The van der Waals surface area contributed by atoms with E-state index in [1.807, 2.05) is 13.8 Å². The van der Waals surface area contributed by atoms with Crippen molar-refractivity contribution in [1.29, 1.82) is 0 Å². The van der Waals surface area contributed by atoms with Crippen molar-refractivity contribution in [3.05, 3.63) is 0 Å². The Labute approximate surface area is 142 Å². The number of ether oxygens (including phenoxy) is 1. The lowest BCUT2D eigenvalue weighted by molar-refractivity contribution is -0.183. The Morgan fingerprint density at radius 1 is 1.38 bits per heavy atom. The molecular formula is C17H28N2O5. The number of carbonyl (C=O) groups is 3. The molecule has 0 bridgehead atoms. The quantitative estimate of drug-likeness (QED) is 0.796. The SMILES string of the molecule is CC[C@@H](C(=O)O)N1C(=O)C2(CCC(C)N2C(=O)OC(C)(C)C)C1C. The molecule has 1 spiro atoms. The van der Waals surface area contributed by atoms with Gasteiger partial charge in [-0.05, 0) is 53.9 Å². The molecule has 3 unspecified atom stereocenters. The van der Waals surface area contributed by atoms with Crippen LogP contribution in [0.4, 0.5) is 4.79 Å². The van der Waals surface area contributed by atoms with E-state index >= 15 is 0 Å². The Bertz CT molecular complexity index is 556. The van der Waals surface area contributed by atoms with Crippen LogP contribution in [0.3, 0.4) is 0 Å². The average molecular weight is 340 g/mol. The maximum Gasteiger partial charge on any atom is 0.411 e. The van der Waals surface area contributed by atoms with Gasteiger partial charge in [0.2, 0.25) is 0 Å². The van der Waals surface area contributed by atoms with Crippen LogP contribution in [0.2, 0.25) is 0 Å². The largest absolute Gasteiger partial charge is 0.480 e. The Morgan fingerprint density at radius 3 is 2.38 bits per heavy atom. The number of aliphatic carboxylic acids is 1. The molecule has 2 saturated heterocycles. The topological polar surface area (TPSA) is 87.2 Å². The molecule has 0 aromatic heterocycles. The summed E-state index contributed by atoms with van der Waals surface area (Å²) < 4.78 is 5.49. The van der Waals surface area contributed by atoms with Gasteiger partial charge in [-0.2, -0.15) is 0 Å². The molecule has 0 radical (unpaired) electrons. The molecule has 4 atom stereocenters. The fourth-order valence-electron chi connectivity index (χ4n) is 3.99. The molecule has 24 heavy (non-hydrogen) atoms. The van der Waals surface area contributed by atoms with Gasteiger partial charge >= 0.3 is 12.1 Å². The van der Waals surface area contributed by atoms with E-state index in [1.54, 1.807) is 27.7 Å². The maximum absolute atomic E-state index is 12.9. The predicted molar refractivity (Wildman–Crippen MR) is 87.5 cm³/mol. The number of rotatable bonds is 3. The van der Waals surface area contributed by atoms with Crippen LogP contribution >= 0.6 is 0 Å². The minimum absolute atomic E-state index is 0.113. The fourth-order valence-corrected chi connectivity index (χ4v) is 3.99. The first kappa shape index (κ1) is 18.5. The molecule has 2 amide bonds. The van der Waals surface area contributed by atoms with Crippen molar-refractivity contribution in [2.75, 3.05) is 0 Å². The molecule has 7 nitrogen and oxygen atoms in total. The van der Waals surface area contributed by atoms with Gasteiger partial charge in [-0.15, -0.1) is 0 Å². The average Bonchev–Trinajstić information content (AvgIpc) is 2.81. The van der Waals surface area contributed by atoms with Gasteiger partial charge in [0.1, 0.15) is 17.2 Å². The van der Waals surface area contributed by atoms with E-state index in [-0.39, 0.29) is 18.0 Å². The number of amides is 2. The first-order chi connectivity index (χ1) is 11.0. The lowest BCUT2D eigenvalue weighted by Gasteiger charge is -2.58. The van der Waals surface area contributed by atoms with Crippen molar-refractivity contribution in [2.45, 2.75) is 90.1 Å². The fraction of sp³-hybridized carbons (Fsp3) is 0.824. The van der Waals surface area contributed by atoms with E-state index in [2.05, 4.69) is 0 Å². The zero-order chi connectivity index (χ0) is 18.4. The summed E-state index contributed by atoms with van der Waals surface area (Å²) in [6, 6.07) is -1.31. The van der Waals surface area contributed by atoms with Crippen LogP contribution in [0, 0.1) is 0 Å². The molecule has 136 valence electrons. The molecule has 0 aliphatic carbocycles. The highest BCUT2D eigenvalue weighted by Crippen LogP contribution is 2.48. The van der Waals surface area contributed by atoms with E-state index in [1.165, 1.54) is 9.80 Å². The van der Waals surface area contributed by atoms with E-state index < -0.39 is 29.2 Å².